The van der Waals surface area contributed by atoms with Gasteiger partial charge in [-0.25, -0.2) is 13.1 Å². The zero-order valence-corrected chi connectivity index (χ0v) is 14.3. The van der Waals surface area contributed by atoms with Gasteiger partial charge in [0.2, 0.25) is 10.0 Å². The molecule has 0 aliphatic rings. The Morgan fingerprint density at radius 2 is 1.46 bits per heavy atom. The van der Waals surface area contributed by atoms with Crippen LogP contribution in [-0.2, 0) is 22.7 Å². The second-order valence-electron chi connectivity index (χ2n) is 5.75. The van der Waals surface area contributed by atoms with Gasteiger partial charge in [-0.2, -0.15) is 13.2 Å². The highest BCUT2D eigenvalue weighted by Crippen LogP contribution is 2.29. The van der Waals surface area contributed by atoms with Gasteiger partial charge in [0.1, 0.15) is 0 Å². The van der Waals surface area contributed by atoms with Crippen molar-refractivity contribution in [3.8, 4) is 0 Å². The van der Waals surface area contributed by atoms with Crippen molar-refractivity contribution in [3.63, 3.8) is 0 Å². The maximum absolute atomic E-state index is 12.5. The first-order valence-corrected chi connectivity index (χ1v) is 8.72. The first-order chi connectivity index (χ1) is 11.0. The maximum atomic E-state index is 12.5. The van der Waals surface area contributed by atoms with Gasteiger partial charge in [-0.3, -0.25) is 0 Å². The summed E-state index contributed by atoms with van der Waals surface area (Å²) >= 11 is 0. The van der Waals surface area contributed by atoms with Crippen molar-refractivity contribution in [3.05, 3.63) is 64.2 Å². The third kappa shape index (κ3) is 4.15. The van der Waals surface area contributed by atoms with E-state index in [1.54, 1.807) is 26.0 Å². The van der Waals surface area contributed by atoms with E-state index in [-0.39, 0.29) is 11.4 Å². The van der Waals surface area contributed by atoms with Gasteiger partial charge in [-0.1, -0.05) is 29.8 Å². The lowest BCUT2D eigenvalue weighted by Gasteiger charge is -2.13. The Morgan fingerprint density at radius 1 is 0.958 bits per heavy atom. The summed E-state index contributed by atoms with van der Waals surface area (Å²) in [5.74, 6) is 0. The van der Waals surface area contributed by atoms with Gasteiger partial charge >= 0.3 is 6.18 Å². The smallest absolute Gasteiger partial charge is 0.207 e. The molecule has 0 bridgehead atoms. The lowest BCUT2D eigenvalue weighted by Crippen LogP contribution is -2.25. The average molecular weight is 357 g/mol. The van der Waals surface area contributed by atoms with Crippen molar-refractivity contribution in [1.82, 2.24) is 4.72 Å². The van der Waals surface area contributed by atoms with Crippen molar-refractivity contribution in [2.75, 3.05) is 0 Å². The van der Waals surface area contributed by atoms with Gasteiger partial charge in [-0.15, -0.1) is 0 Å². The van der Waals surface area contributed by atoms with Gasteiger partial charge in [-0.05, 0) is 49.6 Å². The third-order valence-corrected chi connectivity index (χ3v) is 5.33. The highest BCUT2D eigenvalue weighted by atomic mass is 32.2. The van der Waals surface area contributed by atoms with Crippen molar-refractivity contribution in [2.24, 2.45) is 0 Å². The predicted octanol–water partition coefficient (Wildman–Crippen LogP) is 4.11. The summed E-state index contributed by atoms with van der Waals surface area (Å²) < 4.78 is 65.0. The van der Waals surface area contributed by atoms with Crippen LogP contribution >= 0.6 is 0 Å². The zero-order chi connectivity index (χ0) is 18.1. The summed E-state index contributed by atoms with van der Waals surface area (Å²) in [5.41, 5.74) is 1.92. The number of nitrogens with one attached hydrogen (secondary N) is 1. The number of benzene rings is 2. The van der Waals surface area contributed by atoms with E-state index < -0.39 is 21.8 Å². The van der Waals surface area contributed by atoms with E-state index in [0.717, 1.165) is 17.7 Å². The molecule has 2 rings (SSSR count). The Bertz CT molecular complexity index is 818. The molecule has 2 aromatic rings. The molecule has 0 fully saturated rings. The van der Waals surface area contributed by atoms with E-state index in [0.29, 0.717) is 16.7 Å². The van der Waals surface area contributed by atoms with Crippen LogP contribution in [0.25, 0.3) is 0 Å². The van der Waals surface area contributed by atoms with Crippen LogP contribution in [0.5, 0.6) is 0 Å². The van der Waals surface area contributed by atoms with E-state index in [1.165, 1.54) is 12.1 Å². The highest BCUT2D eigenvalue weighted by molar-refractivity contribution is 7.89. The second-order valence-corrected chi connectivity index (χ2v) is 7.45. The van der Waals surface area contributed by atoms with E-state index in [1.807, 2.05) is 6.92 Å². The fourth-order valence-electron chi connectivity index (χ4n) is 2.65. The van der Waals surface area contributed by atoms with Gasteiger partial charge < -0.3 is 0 Å². The van der Waals surface area contributed by atoms with Crippen LogP contribution in [0.4, 0.5) is 13.2 Å². The molecule has 3 nitrogen and oxygen atoms in total. The van der Waals surface area contributed by atoms with Crippen LogP contribution in [0.15, 0.2) is 41.3 Å². The van der Waals surface area contributed by atoms with Crippen molar-refractivity contribution in [1.29, 1.82) is 0 Å². The lowest BCUT2D eigenvalue weighted by atomic mass is 10.1. The van der Waals surface area contributed by atoms with E-state index >= 15 is 0 Å². The second kappa shape index (κ2) is 6.57. The maximum Gasteiger partial charge on any atom is 0.416 e. The third-order valence-electron chi connectivity index (χ3n) is 3.62. The first kappa shape index (κ1) is 18.5. The minimum absolute atomic E-state index is 0.0762. The number of rotatable bonds is 4. The molecule has 0 radical (unpaired) electrons. The molecule has 0 aromatic heterocycles. The highest BCUT2D eigenvalue weighted by Gasteiger charge is 2.30. The quantitative estimate of drug-likeness (QED) is 0.895. The Morgan fingerprint density at radius 3 is 1.92 bits per heavy atom. The molecule has 0 heterocycles. The molecule has 0 saturated heterocycles. The summed E-state index contributed by atoms with van der Waals surface area (Å²) in [6.07, 6.45) is -4.41. The molecule has 0 spiro atoms. The monoisotopic (exact) mass is 357 g/mol. The Kier molecular flexibility index (Phi) is 5.05. The van der Waals surface area contributed by atoms with Gasteiger partial charge in [0, 0.05) is 6.54 Å². The van der Waals surface area contributed by atoms with Crippen LogP contribution in [0.1, 0.15) is 27.8 Å². The SMILES string of the molecule is Cc1cc(C)c(S(=O)(=O)NCc2ccc(C(F)(F)F)cc2)c(C)c1. The molecular formula is C17H18F3NO2S. The lowest BCUT2D eigenvalue weighted by molar-refractivity contribution is -0.137. The molecule has 130 valence electrons. The molecule has 0 aliphatic heterocycles. The number of hydrogen-bond acceptors (Lipinski definition) is 2. The van der Waals surface area contributed by atoms with Gasteiger partial charge in [0.05, 0.1) is 10.5 Å². The summed E-state index contributed by atoms with van der Waals surface area (Å²) in [6, 6.07) is 7.96. The Balaban J connectivity index is 2.19. The normalized spacial score (nSPS) is 12.4. The predicted molar refractivity (Wildman–Crippen MR) is 86.1 cm³/mol. The molecule has 0 amide bonds. The summed E-state index contributed by atoms with van der Waals surface area (Å²) in [5, 5.41) is 0. The molecule has 0 unspecified atom stereocenters. The van der Waals surface area contributed by atoms with Crippen molar-refractivity contribution < 1.29 is 21.6 Å². The minimum atomic E-state index is -4.41. The number of sulfonamides is 1. The largest absolute Gasteiger partial charge is 0.416 e. The van der Waals surface area contributed by atoms with Gasteiger partial charge in [0.15, 0.2) is 0 Å². The van der Waals surface area contributed by atoms with E-state index in [4.69, 9.17) is 0 Å². The fraction of sp³-hybridized carbons (Fsp3) is 0.294. The molecule has 7 heteroatoms. The molecule has 0 atom stereocenters. The summed E-state index contributed by atoms with van der Waals surface area (Å²) in [7, 11) is -3.75. The first-order valence-electron chi connectivity index (χ1n) is 7.24. The Labute approximate surface area is 139 Å². The van der Waals surface area contributed by atoms with E-state index in [2.05, 4.69) is 4.72 Å². The van der Waals surface area contributed by atoms with Crippen LogP contribution in [0.2, 0.25) is 0 Å². The number of hydrogen-bond donors (Lipinski definition) is 1. The van der Waals surface area contributed by atoms with Gasteiger partial charge in [0.25, 0.3) is 0 Å². The topological polar surface area (TPSA) is 46.2 Å². The molecule has 2 aromatic carbocycles. The van der Waals surface area contributed by atoms with Crippen LogP contribution in [-0.4, -0.2) is 8.42 Å². The van der Waals surface area contributed by atoms with Crippen LogP contribution in [0.3, 0.4) is 0 Å². The number of halogens is 3. The summed E-state index contributed by atoms with van der Waals surface area (Å²) in [6.45, 7) is 5.23. The standard InChI is InChI=1S/C17H18F3NO2S/c1-11-8-12(2)16(13(3)9-11)24(22,23)21-10-14-4-6-15(7-5-14)17(18,19)20/h4-9,21H,10H2,1-3H3. The van der Waals surface area contributed by atoms with Crippen LogP contribution < -0.4 is 4.72 Å². The average Bonchev–Trinajstić information content (AvgIpc) is 2.43. The van der Waals surface area contributed by atoms with E-state index in [9.17, 15) is 21.6 Å². The Hall–Kier alpha value is -1.86. The molecule has 0 saturated carbocycles. The number of alkyl halides is 3. The summed E-state index contributed by atoms with van der Waals surface area (Å²) in [4.78, 5) is 0.208. The van der Waals surface area contributed by atoms with Crippen LogP contribution in [0, 0.1) is 20.8 Å². The fourth-order valence-corrected chi connectivity index (χ4v) is 4.12. The van der Waals surface area contributed by atoms with Crippen molar-refractivity contribution in [2.45, 2.75) is 38.4 Å². The minimum Gasteiger partial charge on any atom is -0.207 e. The molecule has 1 N–H and O–H groups in total. The zero-order valence-electron chi connectivity index (χ0n) is 13.5. The molecule has 0 aliphatic carbocycles. The molecule has 24 heavy (non-hydrogen) atoms. The number of aryl methyl sites for hydroxylation is 3. The van der Waals surface area contributed by atoms with Crippen molar-refractivity contribution >= 4 is 10.0 Å². The molecular weight excluding hydrogens is 339 g/mol.